The smallest absolute Gasteiger partial charge is 0.165 e. The SMILES string of the molecule is CC(C)(Oc1cc(O)ccc1O)c1cc(O)ccc1O. The summed E-state index contributed by atoms with van der Waals surface area (Å²) < 4.78 is 5.65. The first kappa shape index (κ1) is 13.9. The molecule has 20 heavy (non-hydrogen) atoms. The normalized spacial score (nSPS) is 11.3. The van der Waals surface area contributed by atoms with E-state index < -0.39 is 5.60 Å². The van der Waals surface area contributed by atoms with Crippen molar-refractivity contribution in [3.05, 3.63) is 42.0 Å². The van der Waals surface area contributed by atoms with Gasteiger partial charge in [0.2, 0.25) is 0 Å². The average Bonchev–Trinajstić information content (AvgIpc) is 2.36. The molecule has 0 heterocycles. The average molecular weight is 276 g/mol. The highest BCUT2D eigenvalue weighted by molar-refractivity contribution is 5.46. The van der Waals surface area contributed by atoms with Crippen molar-refractivity contribution < 1.29 is 25.2 Å². The van der Waals surface area contributed by atoms with Crippen molar-refractivity contribution in [3.8, 4) is 28.7 Å². The minimum atomic E-state index is -1.02. The van der Waals surface area contributed by atoms with E-state index in [-0.39, 0.29) is 28.7 Å². The van der Waals surface area contributed by atoms with E-state index in [4.69, 9.17) is 4.74 Å². The van der Waals surface area contributed by atoms with E-state index in [9.17, 15) is 20.4 Å². The summed E-state index contributed by atoms with van der Waals surface area (Å²) in [5.74, 6) is -0.135. The number of phenols is 4. The Morgan fingerprint density at radius 1 is 0.800 bits per heavy atom. The molecule has 2 aromatic rings. The fraction of sp³-hybridized carbons (Fsp3) is 0.200. The van der Waals surface area contributed by atoms with Crippen molar-refractivity contribution in [1.29, 1.82) is 0 Å². The lowest BCUT2D eigenvalue weighted by Gasteiger charge is -2.28. The maximum Gasteiger partial charge on any atom is 0.165 e. The maximum atomic E-state index is 9.87. The molecule has 0 bridgehead atoms. The van der Waals surface area contributed by atoms with Crippen molar-refractivity contribution in [2.24, 2.45) is 0 Å². The summed E-state index contributed by atoms with van der Waals surface area (Å²) in [5, 5.41) is 38.5. The molecule has 0 aliphatic carbocycles. The van der Waals surface area contributed by atoms with E-state index >= 15 is 0 Å². The van der Waals surface area contributed by atoms with Crippen LogP contribution in [0.2, 0.25) is 0 Å². The Labute approximate surface area is 116 Å². The molecule has 2 rings (SSSR count). The fourth-order valence-electron chi connectivity index (χ4n) is 1.92. The van der Waals surface area contributed by atoms with Gasteiger partial charge in [-0.15, -0.1) is 0 Å². The third-order valence-electron chi connectivity index (χ3n) is 2.94. The first-order valence-corrected chi connectivity index (χ1v) is 6.03. The Balaban J connectivity index is 2.40. The Hall–Kier alpha value is -2.56. The van der Waals surface area contributed by atoms with Gasteiger partial charge in [-0.1, -0.05) is 0 Å². The van der Waals surface area contributed by atoms with Crippen LogP contribution in [0.1, 0.15) is 19.4 Å². The molecule has 106 valence electrons. The number of ether oxygens (including phenoxy) is 1. The Morgan fingerprint density at radius 3 is 2.00 bits per heavy atom. The Morgan fingerprint density at radius 2 is 1.35 bits per heavy atom. The standard InChI is InChI=1S/C15H16O5/c1-15(2,11-7-9(16)3-5-12(11)18)20-14-8-10(17)4-6-13(14)19/h3-8,16-19H,1-2H3. The Kier molecular flexibility index (Phi) is 3.36. The van der Waals surface area contributed by atoms with Crippen molar-refractivity contribution >= 4 is 0 Å². The summed E-state index contributed by atoms with van der Waals surface area (Å²) in [6.45, 7) is 3.34. The van der Waals surface area contributed by atoms with Crippen LogP contribution in [-0.4, -0.2) is 20.4 Å². The van der Waals surface area contributed by atoms with Crippen LogP contribution in [0.4, 0.5) is 0 Å². The lowest BCUT2D eigenvalue weighted by Crippen LogP contribution is -2.25. The minimum absolute atomic E-state index is 0.00499. The molecule has 4 N–H and O–H groups in total. The van der Waals surface area contributed by atoms with Crippen LogP contribution >= 0.6 is 0 Å². The lowest BCUT2D eigenvalue weighted by molar-refractivity contribution is 0.100. The van der Waals surface area contributed by atoms with Gasteiger partial charge >= 0.3 is 0 Å². The van der Waals surface area contributed by atoms with Gasteiger partial charge in [-0.05, 0) is 44.2 Å². The van der Waals surface area contributed by atoms with Gasteiger partial charge in [0.05, 0.1) is 0 Å². The highest BCUT2D eigenvalue weighted by Gasteiger charge is 2.27. The van der Waals surface area contributed by atoms with Crippen LogP contribution in [0.25, 0.3) is 0 Å². The zero-order chi connectivity index (χ0) is 14.9. The topological polar surface area (TPSA) is 90.2 Å². The molecule has 0 saturated heterocycles. The van der Waals surface area contributed by atoms with Gasteiger partial charge in [0.25, 0.3) is 0 Å². The van der Waals surface area contributed by atoms with Gasteiger partial charge < -0.3 is 25.2 Å². The molecular weight excluding hydrogens is 260 g/mol. The summed E-state index contributed by atoms with van der Waals surface area (Å²) in [6, 6.07) is 8.02. The van der Waals surface area contributed by atoms with Crippen LogP contribution in [-0.2, 0) is 5.60 Å². The summed E-state index contributed by atoms with van der Waals surface area (Å²) in [6.07, 6.45) is 0. The first-order valence-electron chi connectivity index (χ1n) is 6.03. The van der Waals surface area contributed by atoms with Crippen LogP contribution < -0.4 is 4.74 Å². The Bertz CT molecular complexity index is 634. The quantitative estimate of drug-likeness (QED) is 0.647. The molecule has 0 saturated carbocycles. The lowest BCUT2D eigenvalue weighted by atomic mass is 9.96. The van der Waals surface area contributed by atoms with Gasteiger partial charge in [0.1, 0.15) is 22.8 Å². The molecule has 0 unspecified atom stereocenters. The van der Waals surface area contributed by atoms with E-state index in [1.165, 1.54) is 36.4 Å². The third-order valence-corrected chi connectivity index (χ3v) is 2.94. The molecule has 5 heteroatoms. The molecule has 0 fully saturated rings. The molecule has 0 amide bonds. The largest absolute Gasteiger partial charge is 0.508 e. The highest BCUT2D eigenvalue weighted by Crippen LogP contribution is 2.39. The highest BCUT2D eigenvalue weighted by atomic mass is 16.5. The first-order chi connectivity index (χ1) is 9.29. The second kappa shape index (κ2) is 4.85. The number of rotatable bonds is 3. The van der Waals surface area contributed by atoms with E-state index in [2.05, 4.69) is 0 Å². The molecule has 0 aliphatic rings. The number of phenolic OH excluding ortho intramolecular Hbond substituents is 4. The molecule has 2 aromatic carbocycles. The maximum absolute atomic E-state index is 9.87. The fourth-order valence-corrected chi connectivity index (χ4v) is 1.92. The third kappa shape index (κ3) is 2.71. The van der Waals surface area contributed by atoms with Gasteiger partial charge in [-0.2, -0.15) is 0 Å². The summed E-state index contributed by atoms with van der Waals surface area (Å²) in [5.41, 5.74) is -0.658. The van der Waals surface area contributed by atoms with Crippen molar-refractivity contribution in [2.45, 2.75) is 19.4 Å². The van der Waals surface area contributed by atoms with Crippen LogP contribution in [0.15, 0.2) is 36.4 Å². The monoisotopic (exact) mass is 276 g/mol. The molecule has 0 radical (unpaired) electrons. The van der Waals surface area contributed by atoms with Crippen LogP contribution in [0.5, 0.6) is 28.7 Å². The number of aromatic hydroxyl groups is 4. The predicted molar refractivity (Wildman–Crippen MR) is 73.2 cm³/mol. The molecule has 0 atom stereocenters. The van der Waals surface area contributed by atoms with E-state index in [0.717, 1.165) is 0 Å². The molecule has 5 nitrogen and oxygen atoms in total. The second-order valence-corrected chi connectivity index (χ2v) is 4.97. The molecular formula is C15H16O5. The number of hydrogen-bond acceptors (Lipinski definition) is 5. The molecule has 0 spiro atoms. The summed E-state index contributed by atoms with van der Waals surface area (Å²) in [7, 11) is 0. The van der Waals surface area contributed by atoms with Gasteiger partial charge in [0.15, 0.2) is 11.5 Å². The van der Waals surface area contributed by atoms with Gasteiger partial charge in [-0.25, -0.2) is 0 Å². The molecule has 0 aliphatic heterocycles. The van der Waals surface area contributed by atoms with E-state index in [1.54, 1.807) is 13.8 Å². The van der Waals surface area contributed by atoms with E-state index in [0.29, 0.717) is 5.56 Å². The second-order valence-electron chi connectivity index (χ2n) is 4.97. The zero-order valence-electron chi connectivity index (χ0n) is 11.2. The summed E-state index contributed by atoms with van der Waals surface area (Å²) >= 11 is 0. The molecule has 0 aromatic heterocycles. The van der Waals surface area contributed by atoms with E-state index in [1.807, 2.05) is 0 Å². The minimum Gasteiger partial charge on any atom is -0.508 e. The van der Waals surface area contributed by atoms with Crippen molar-refractivity contribution in [1.82, 2.24) is 0 Å². The van der Waals surface area contributed by atoms with Gasteiger partial charge in [0, 0.05) is 11.6 Å². The van der Waals surface area contributed by atoms with Gasteiger partial charge in [-0.3, -0.25) is 0 Å². The van der Waals surface area contributed by atoms with Crippen LogP contribution in [0, 0.1) is 0 Å². The number of benzene rings is 2. The summed E-state index contributed by atoms with van der Waals surface area (Å²) in [4.78, 5) is 0. The van der Waals surface area contributed by atoms with Crippen molar-refractivity contribution in [3.63, 3.8) is 0 Å². The number of hydrogen-bond donors (Lipinski definition) is 4. The predicted octanol–water partition coefficient (Wildman–Crippen LogP) is 2.82. The van der Waals surface area contributed by atoms with Crippen molar-refractivity contribution in [2.75, 3.05) is 0 Å². The zero-order valence-corrected chi connectivity index (χ0v) is 11.2. The van der Waals surface area contributed by atoms with Crippen LogP contribution in [0.3, 0.4) is 0 Å².